The van der Waals surface area contributed by atoms with Crippen molar-refractivity contribution in [3.63, 3.8) is 0 Å². The van der Waals surface area contributed by atoms with E-state index >= 15 is 0 Å². The first kappa shape index (κ1) is 45.2. The second-order valence-electron chi connectivity index (χ2n) is 17.9. The summed E-state index contributed by atoms with van der Waals surface area (Å²) in [6.45, 7) is 1.03. The number of alkyl halides is 2. The summed E-state index contributed by atoms with van der Waals surface area (Å²) in [5.41, 5.74) is 5.67. The minimum atomic E-state index is -3.00. The smallest absolute Gasteiger partial charge is 0.407 e. The number of halogens is 2. The number of nitrogens with zero attached hydrogens (tertiary/aromatic N) is 3. The Morgan fingerprint density at radius 1 is 0.800 bits per heavy atom. The predicted octanol–water partition coefficient (Wildman–Crippen LogP) is 8.42. The molecule has 1 saturated heterocycles. The lowest BCUT2D eigenvalue weighted by Gasteiger charge is -2.30. The summed E-state index contributed by atoms with van der Waals surface area (Å²) in [5.74, 6) is 0.599. The Balaban J connectivity index is 0.950. The Morgan fingerprint density at radius 2 is 1.42 bits per heavy atom. The molecule has 3 fully saturated rings. The zero-order valence-electron chi connectivity index (χ0n) is 37.0. The van der Waals surface area contributed by atoms with E-state index in [9.17, 15) is 28.0 Å². The number of carbonyl (C=O) groups excluding carboxylic acids is 4. The molecule has 4 atom stereocenters. The summed E-state index contributed by atoms with van der Waals surface area (Å²) >= 11 is 0. The Hall–Kier alpha value is -6.36. The van der Waals surface area contributed by atoms with E-state index in [1.165, 1.54) is 7.11 Å². The van der Waals surface area contributed by atoms with Crippen molar-refractivity contribution in [2.75, 3.05) is 27.4 Å². The number of hydrogen-bond acceptors (Lipinski definition) is 9. The van der Waals surface area contributed by atoms with Gasteiger partial charge >= 0.3 is 18.8 Å². The minimum Gasteiger partial charge on any atom is -0.453 e. The number of H-pyrrole nitrogens is 2. The number of benzene rings is 3. The van der Waals surface area contributed by atoms with Crippen LogP contribution in [-0.4, -0.2) is 94.9 Å². The standard InChI is InChI=1S/C48H56F2N8O7/c1-27(2)39(57-47(62)64-4)44(60)58-26-48(18-19-48)23-38(58)41-51-25-37(53-41)34-16-15-32-21-31(13-14-33(32)22-34)28-9-11-29(12-10-28)36-24-52-42(54-36)40(30-7-5-6-8-30)56-43(59)35(55-46(61)63-3)17-20-65-45(49)50/h9-16,21-22,24-25,27,30,35,38-40,45H,5-8,17-20,23,26H2,1-4H3,(H,51,53)(H,52,54)(H,55,61)(H,56,59)(H,57,62)/t35-,38-,39-,40-/m0/s1. The third-order valence-corrected chi connectivity index (χ3v) is 13.2. The first-order valence-corrected chi connectivity index (χ1v) is 22.3. The quantitative estimate of drug-likeness (QED) is 0.0647. The van der Waals surface area contributed by atoms with Crippen molar-refractivity contribution in [3.05, 3.63) is 84.7 Å². The van der Waals surface area contributed by atoms with Gasteiger partial charge in [0.05, 0.1) is 56.7 Å². The summed E-state index contributed by atoms with van der Waals surface area (Å²) in [4.78, 5) is 69.8. The van der Waals surface area contributed by atoms with Gasteiger partial charge in [0.2, 0.25) is 11.8 Å². The van der Waals surface area contributed by atoms with Crippen LogP contribution in [0.1, 0.15) is 88.9 Å². The number of imidazole rings is 2. The molecular weight excluding hydrogens is 839 g/mol. The van der Waals surface area contributed by atoms with Crippen LogP contribution >= 0.6 is 0 Å². The van der Waals surface area contributed by atoms with Crippen molar-refractivity contribution in [1.82, 2.24) is 40.8 Å². The molecule has 0 unspecified atom stereocenters. The Kier molecular flexibility index (Phi) is 13.5. The topological polar surface area (TPSA) is 193 Å². The maximum atomic E-state index is 13.9. The molecule has 1 spiro atoms. The van der Waals surface area contributed by atoms with Crippen LogP contribution in [0.2, 0.25) is 0 Å². The molecule has 1 aliphatic heterocycles. The van der Waals surface area contributed by atoms with Gasteiger partial charge in [-0.1, -0.05) is 75.2 Å². The lowest BCUT2D eigenvalue weighted by atomic mass is 9.96. The van der Waals surface area contributed by atoms with Crippen molar-refractivity contribution >= 4 is 34.8 Å². The number of alkyl carbamates (subject to hydrolysis) is 2. The molecule has 2 saturated carbocycles. The number of fused-ring (bicyclic) bond motifs is 1. The fraction of sp³-hybridized carbons (Fsp3) is 0.458. The molecule has 0 radical (unpaired) electrons. The van der Waals surface area contributed by atoms with E-state index in [4.69, 9.17) is 9.72 Å². The van der Waals surface area contributed by atoms with E-state index in [0.29, 0.717) is 12.4 Å². The molecular formula is C48H56F2N8O7. The maximum Gasteiger partial charge on any atom is 0.407 e. The number of aromatic amines is 2. The van der Waals surface area contributed by atoms with Gasteiger partial charge in [0, 0.05) is 18.5 Å². The molecule has 8 rings (SSSR count). The molecule has 5 N–H and O–H groups in total. The number of aromatic nitrogens is 4. The number of carbonyl (C=O) groups is 4. The summed E-state index contributed by atoms with van der Waals surface area (Å²) < 4.78 is 39.2. The van der Waals surface area contributed by atoms with Crippen molar-refractivity contribution in [2.45, 2.75) is 96.0 Å². The van der Waals surface area contributed by atoms with Gasteiger partial charge in [-0.3, -0.25) is 9.59 Å². The van der Waals surface area contributed by atoms with Crippen molar-refractivity contribution in [3.8, 4) is 33.6 Å². The molecule has 3 aliphatic rings. The Labute approximate surface area is 375 Å². The molecule has 3 aromatic carbocycles. The van der Waals surface area contributed by atoms with E-state index in [0.717, 1.165) is 102 Å². The number of methoxy groups -OCH3 is 2. The molecule has 2 aromatic heterocycles. The third-order valence-electron chi connectivity index (χ3n) is 13.2. The molecule has 3 heterocycles. The number of rotatable bonds is 16. The molecule has 0 bridgehead atoms. The van der Waals surface area contributed by atoms with Crippen LogP contribution in [0.15, 0.2) is 73.1 Å². The van der Waals surface area contributed by atoms with Crippen LogP contribution in [0.5, 0.6) is 0 Å². The summed E-state index contributed by atoms with van der Waals surface area (Å²) in [6, 6.07) is 18.2. The lowest BCUT2D eigenvalue weighted by molar-refractivity contribution is -0.136. The number of amides is 4. The largest absolute Gasteiger partial charge is 0.453 e. The average Bonchev–Trinajstić information content (AvgIpc) is 3.88. The highest BCUT2D eigenvalue weighted by atomic mass is 19.3. The van der Waals surface area contributed by atoms with Gasteiger partial charge in [0.15, 0.2) is 0 Å². The molecule has 15 nitrogen and oxygen atoms in total. The van der Waals surface area contributed by atoms with E-state index in [2.05, 4.69) is 88.9 Å². The van der Waals surface area contributed by atoms with Crippen LogP contribution in [0, 0.1) is 17.3 Å². The monoisotopic (exact) mass is 894 g/mol. The molecule has 344 valence electrons. The van der Waals surface area contributed by atoms with Crippen molar-refractivity contribution in [2.24, 2.45) is 17.3 Å². The lowest BCUT2D eigenvalue weighted by Crippen LogP contribution is -2.51. The summed E-state index contributed by atoms with van der Waals surface area (Å²) in [5, 5.41) is 10.3. The van der Waals surface area contributed by atoms with Gasteiger partial charge in [-0.25, -0.2) is 19.6 Å². The minimum absolute atomic E-state index is 0.0919. The molecule has 5 aromatic rings. The molecule has 65 heavy (non-hydrogen) atoms. The predicted molar refractivity (Wildman–Crippen MR) is 238 cm³/mol. The molecule has 4 amide bonds. The number of nitrogens with one attached hydrogen (secondary N) is 5. The highest BCUT2D eigenvalue weighted by Crippen LogP contribution is 2.58. The van der Waals surface area contributed by atoms with Gasteiger partial charge in [0.1, 0.15) is 23.7 Å². The maximum absolute atomic E-state index is 13.9. The average molecular weight is 895 g/mol. The first-order valence-electron chi connectivity index (χ1n) is 22.3. The summed E-state index contributed by atoms with van der Waals surface area (Å²) in [6.07, 6.45) is 8.62. The van der Waals surface area contributed by atoms with Gasteiger partial charge in [-0.15, -0.1) is 0 Å². The highest BCUT2D eigenvalue weighted by molar-refractivity contribution is 5.91. The number of likely N-dealkylation sites (tertiary alicyclic amines) is 1. The van der Waals surface area contributed by atoms with Crippen molar-refractivity contribution in [1.29, 1.82) is 0 Å². The first-order chi connectivity index (χ1) is 31.3. The van der Waals surface area contributed by atoms with E-state index in [-0.39, 0.29) is 35.6 Å². The van der Waals surface area contributed by atoms with Crippen LogP contribution in [0.25, 0.3) is 44.4 Å². The van der Waals surface area contributed by atoms with Gasteiger partial charge in [-0.05, 0) is 89.0 Å². The van der Waals surface area contributed by atoms with E-state index in [1.54, 1.807) is 6.20 Å². The zero-order chi connectivity index (χ0) is 45.8. The number of ether oxygens (including phenoxy) is 3. The SMILES string of the molecule is COC(=O)N[C@@H](CCOC(F)F)C(=O)N[C@H](c1ncc(-c2ccc(-c3ccc4cc(-c5cnc([C@@H]6CC7(CC7)CN6C(=O)[C@@H](NC(=O)OC)C(C)C)[nH]5)ccc4c3)cc2)[nH]1)C1CCCC1. The fourth-order valence-electron chi connectivity index (χ4n) is 9.38. The molecule has 2 aliphatic carbocycles. The van der Waals surface area contributed by atoms with Gasteiger partial charge in [0.25, 0.3) is 0 Å². The Morgan fingerprint density at radius 3 is 2.08 bits per heavy atom. The fourth-order valence-corrected chi connectivity index (χ4v) is 9.38. The van der Waals surface area contributed by atoms with E-state index in [1.807, 2.05) is 37.1 Å². The molecule has 17 heteroatoms. The second kappa shape index (κ2) is 19.4. The number of hydrogen-bond donors (Lipinski definition) is 5. The second-order valence-corrected chi connectivity index (χ2v) is 17.9. The Bertz CT molecular complexity index is 2500. The van der Waals surface area contributed by atoms with Gasteiger partial charge in [-0.2, -0.15) is 8.78 Å². The van der Waals surface area contributed by atoms with Crippen LogP contribution in [0.3, 0.4) is 0 Å². The third kappa shape index (κ3) is 10.3. The highest BCUT2D eigenvalue weighted by Gasteiger charge is 2.55. The van der Waals surface area contributed by atoms with Crippen LogP contribution in [0.4, 0.5) is 18.4 Å². The zero-order valence-corrected chi connectivity index (χ0v) is 37.0. The van der Waals surface area contributed by atoms with E-state index < -0.39 is 49.4 Å². The normalized spacial score (nSPS) is 18.2. The van der Waals surface area contributed by atoms with Gasteiger partial charge < -0.3 is 45.0 Å². The van der Waals surface area contributed by atoms with Crippen molar-refractivity contribution < 1.29 is 42.2 Å². The van der Waals surface area contributed by atoms with Crippen LogP contribution < -0.4 is 16.0 Å². The van der Waals surface area contributed by atoms with Crippen LogP contribution in [-0.2, 0) is 23.8 Å². The summed E-state index contributed by atoms with van der Waals surface area (Å²) in [7, 11) is 2.45.